The zero-order valence-corrected chi connectivity index (χ0v) is 14.6. The number of aromatic nitrogens is 2. The van der Waals surface area contributed by atoms with Gasteiger partial charge in [0, 0.05) is 5.25 Å². The van der Waals surface area contributed by atoms with Gasteiger partial charge in [0.2, 0.25) is 0 Å². The first kappa shape index (κ1) is 16.8. The number of halogens is 2. The molecule has 1 aromatic heterocycles. The van der Waals surface area contributed by atoms with E-state index in [1.165, 1.54) is 17.8 Å². The van der Waals surface area contributed by atoms with Gasteiger partial charge in [-0.3, -0.25) is 0 Å². The number of hydrogen-bond donors (Lipinski definition) is 0. The predicted octanol–water partition coefficient (Wildman–Crippen LogP) is 5.39. The monoisotopic (exact) mass is 364 g/mol. The first-order chi connectivity index (χ1) is 11.6. The van der Waals surface area contributed by atoms with Crippen LogP contribution in [-0.4, -0.2) is 17.3 Å². The molecule has 1 unspecified atom stereocenters. The van der Waals surface area contributed by atoms with Gasteiger partial charge in [0.15, 0.2) is 0 Å². The lowest BCUT2D eigenvalue weighted by Crippen LogP contribution is -1.90. The van der Waals surface area contributed by atoms with Crippen LogP contribution in [0.2, 0.25) is 5.02 Å². The van der Waals surface area contributed by atoms with E-state index in [0.29, 0.717) is 16.9 Å². The number of nitrogens with zero attached hydrogens (tertiary/aromatic N) is 2. The van der Waals surface area contributed by atoms with Crippen LogP contribution >= 0.6 is 23.4 Å². The van der Waals surface area contributed by atoms with Gasteiger partial charge in [-0.05, 0) is 36.8 Å². The summed E-state index contributed by atoms with van der Waals surface area (Å²) < 4.78 is 24.3. The molecule has 24 heavy (non-hydrogen) atoms. The van der Waals surface area contributed by atoms with Crippen LogP contribution in [0.5, 0.6) is 5.75 Å². The van der Waals surface area contributed by atoms with Crippen LogP contribution in [0.4, 0.5) is 4.39 Å². The molecule has 0 bridgehead atoms. The molecule has 0 aliphatic heterocycles. The second-order valence-electron chi connectivity index (χ2n) is 5.01. The molecule has 3 aromatic rings. The Kier molecular flexibility index (Phi) is 5.06. The van der Waals surface area contributed by atoms with Crippen molar-refractivity contribution in [2.24, 2.45) is 0 Å². The fourth-order valence-corrected chi connectivity index (χ4v) is 3.16. The molecular weight excluding hydrogens is 351 g/mol. The van der Waals surface area contributed by atoms with Gasteiger partial charge in [-0.25, -0.2) is 4.39 Å². The van der Waals surface area contributed by atoms with E-state index in [2.05, 4.69) is 10.2 Å². The lowest BCUT2D eigenvalue weighted by molar-refractivity contribution is 0.411. The van der Waals surface area contributed by atoms with Crippen molar-refractivity contribution in [1.82, 2.24) is 10.2 Å². The highest BCUT2D eigenvalue weighted by Gasteiger charge is 2.17. The van der Waals surface area contributed by atoms with Gasteiger partial charge in [0.05, 0.1) is 17.7 Å². The second-order valence-corrected chi connectivity index (χ2v) is 6.71. The van der Waals surface area contributed by atoms with Crippen LogP contribution in [-0.2, 0) is 0 Å². The predicted molar refractivity (Wildman–Crippen MR) is 92.0 cm³/mol. The molecule has 0 amide bonds. The Bertz CT molecular complexity index is 856. The van der Waals surface area contributed by atoms with E-state index in [-0.39, 0.29) is 10.3 Å². The Morgan fingerprint density at radius 1 is 1.21 bits per heavy atom. The number of para-hydroxylation sites is 1. The molecule has 2 aromatic carbocycles. The molecule has 0 spiro atoms. The highest BCUT2D eigenvalue weighted by Crippen LogP contribution is 2.37. The van der Waals surface area contributed by atoms with Crippen molar-refractivity contribution in [3.63, 3.8) is 0 Å². The Balaban J connectivity index is 1.79. The van der Waals surface area contributed by atoms with Gasteiger partial charge in [-0.2, -0.15) is 0 Å². The molecule has 3 rings (SSSR count). The minimum atomic E-state index is -0.436. The van der Waals surface area contributed by atoms with E-state index in [1.54, 1.807) is 19.2 Å². The molecular formula is C17H14ClFN2O2S. The van der Waals surface area contributed by atoms with Crippen molar-refractivity contribution in [3.8, 4) is 17.2 Å². The topological polar surface area (TPSA) is 48.2 Å². The molecule has 0 saturated carbocycles. The SMILES string of the molecule is COc1ccccc1-c1nnc(SC(C)c2ccc(F)c(Cl)c2)o1. The molecule has 0 saturated heterocycles. The van der Waals surface area contributed by atoms with Gasteiger partial charge < -0.3 is 9.15 Å². The normalized spacial score (nSPS) is 12.2. The summed E-state index contributed by atoms with van der Waals surface area (Å²) in [6, 6.07) is 12.1. The molecule has 0 aliphatic carbocycles. The minimum Gasteiger partial charge on any atom is -0.496 e. The summed E-state index contributed by atoms with van der Waals surface area (Å²) >= 11 is 7.21. The fraction of sp³-hybridized carbons (Fsp3) is 0.176. The number of rotatable bonds is 5. The third-order valence-electron chi connectivity index (χ3n) is 3.43. The van der Waals surface area contributed by atoms with Crippen molar-refractivity contribution in [1.29, 1.82) is 0 Å². The number of thioether (sulfide) groups is 1. The zero-order valence-electron chi connectivity index (χ0n) is 13.0. The van der Waals surface area contributed by atoms with E-state index in [9.17, 15) is 4.39 Å². The molecule has 1 heterocycles. The summed E-state index contributed by atoms with van der Waals surface area (Å²) in [7, 11) is 1.59. The molecule has 0 N–H and O–H groups in total. The standard InChI is InChI=1S/C17H14ClFN2O2S/c1-10(11-7-8-14(19)13(18)9-11)24-17-21-20-16(23-17)12-5-3-4-6-15(12)22-2/h3-10H,1-2H3. The molecule has 124 valence electrons. The average Bonchev–Trinajstić information content (AvgIpc) is 3.05. The number of benzene rings is 2. The third kappa shape index (κ3) is 3.55. The largest absolute Gasteiger partial charge is 0.496 e. The van der Waals surface area contributed by atoms with Gasteiger partial charge in [-0.1, -0.05) is 41.6 Å². The number of hydrogen-bond acceptors (Lipinski definition) is 5. The van der Waals surface area contributed by atoms with Gasteiger partial charge >= 0.3 is 0 Å². The van der Waals surface area contributed by atoms with E-state index in [0.717, 1.165) is 11.1 Å². The van der Waals surface area contributed by atoms with Crippen LogP contribution in [0.3, 0.4) is 0 Å². The maximum atomic E-state index is 13.3. The molecule has 7 heteroatoms. The van der Waals surface area contributed by atoms with Gasteiger partial charge in [0.1, 0.15) is 11.6 Å². The van der Waals surface area contributed by atoms with E-state index >= 15 is 0 Å². The summed E-state index contributed by atoms with van der Waals surface area (Å²) in [6.45, 7) is 1.96. The molecule has 0 aliphatic rings. The van der Waals surface area contributed by atoms with Crippen molar-refractivity contribution in [2.45, 2.75) is 17.4 Å². The van der Waals surface area contributed by atoms with E-state index < -0.39 is 5.82 Å². The lowest BCUT2D eigenvalue weighted by Gasteiger charge is -2.09. The highest BCUT2D eigenvalue weighted by atomic mass is 35.5. The molecule has 1 atom stereocenters. The summed E-state index contributed by atoms with van der Waals surface area (Å²) in [6.07, 6.45) is 0. The van der Waals surface area contributed by atoms with Crippen LogP contribution < -0.4 is 4.74 Å². The summed E-state index contributed by atoms with van der Waals surface area (Å²) in [5.74, 6) is 0.615. The van der Waals surface area contributed by atoms with Crippen molar-refractivity contribution in [3.05, 3.63) is 58.9 Å². The highest BCUT2D eigenvalue weighted by molar-refractivity contribution is 7.99. The number of ether oxygens (including phenoxy) is 1. The minimum absolute atomic E-state index is 0.0194. The second kappa shape index (κ2) is 7.23. The first-order valence-electron chi connectivity index (χ1n) is 7.17. The molecule has 0 fully saturated rings. The van der Waals surface area contributed by atoms with Crippen molar-refractivity contribution >= 4 is 23.4 Å². The first-order valence-corrected chi connectivity index (χ1v) is 8.42. The van der Waals surface area contributed by atoms with Crippen molar-refractivity contribution < 1.29 is 13.5 Å². The van der Waals surface area contributed by atoms with E-state index in [4.69, 9.17) is 20.8 Å². The molecule has 4 nitrogen and oxygen atoms in total. The summed E-state index contributed by atoms with van der Waals surface area (Å²) in [5.41, 5.74) is 1.61. The third-order valence-corrected chi connectivity index (χ3v) is 4.72. The number of methoxy groups -OCH3 is 1. The molecule has 0 radical (unpaired) electrons. The smallest absolute Gasteiger partial charge is 0.277 e. The van der Waals surface area contributed by atoms with Crippen molar-refractivity contribution in [2.75, 3.05) is 7.11 Å². The van der Waals surface area contributed by atoms with Gasteiger partial charge in [-0.15, -0.1) is 10.2 Å². The Hall–Kier alpha value is -2.05. The summed E-state index contributed by atoms with van der Waals surface area (Å²) in [4.78, 5) is 0. The maximum Gasteiger partial charge on any atom is 0.277 e. The van der Waals surface area contributed by atoms with Crippen LogP contribution in [0.25, 0.3) is 11.5 Å². The fourth-order valence-electron chi connectivity index (χ4n) is 2.17. The van der Waals surface area contributed by atoms with Gasteiger partial charge in [0.25, 0.3) is 11.1 Å². The van der Waals surface area contributed by atoms with Crippen LogP contribution in [0.1, 0.15) is 17.7 Å². The lowest BCUT2D eigenvalue weighted by atomic mass is 10.2. The van der Waals surface area contributed by atoms with E-state index in [1.807, 2.05) is 31.2 Å². The Morgan fingerprint density at radius 3 is 2.75 bits per heavy atom. The average molecular weight is 365 g/mol. The maximum absolute atomic E-state index is 13.3. The van der Waals surface area contributed by atoms with Crippen LogP contribution in [0.15, 0.2) is 52.1 Å². The Morgan fingerprint density at radius 2 is 2.00 bits per heavy atom. The van der Waals surface area contributed by atoms with Crippen LogP contribution in [0, 0.1) is 5.82 Å². The zero-order chi connectivity index (χ0) is 17.1. The summed E-state index contributed by atoms with van der Waals surface area (Å²) in [5, 5.41) is 8.63. The quantitative estimate of drug-likeness (QED) is 0.568. The Labute approximate surface area is 148 Å².